The van der Waals surface area contributed by atoms with Gasteiger partial charge >= 0.3 is 0 Å². The standard InChI is InChI=1S/C15H16BrFN2/c1-9-6-7-13(17)12(8-9)15(19-18)11-5-3-4-10(2)14(11)16/h3-8,15,19H,18H2,1-2H3. The lowest BCUT2D eigenvalue weighted by Gasteiger charge is -2.20. The van der Waals surface area contributed by atoms with Crippen molar-refractivity contribution in [1.29, 1.82) is 0 Å². The molecule has 100 valence electrons. The maximum Gasteiger partial charge on any atom is 0.128 e. The summed E-state index contributed by atoms with van der Waals surface area (Å²) in [6, 6.07) is 10.5. The van der Waals surface area contributed by atoms with E-state index in [1.807, 2.05) is 38.1 Å². The van der Waals surface area contributed by atoms with Gasteiger partial charge < -0.3 is 0 Å². The molecule has 4 heteroatoms. The van der Waals surface area contributed by atoms with Crippen molar-refractivity contribution in [3.8, 4) is 0 Å². The topological polar surface area (TPSA) is 38.0 Å². The molecule has 1 unspecified atom stereocenters. The van der Waals surface area contributed by atoms with Gasteiger partial charge in [-0.15, -0.1) is 0 Å². The Morgan fingerprint density at radius 1 is 1.16 bits per heavy atom. The molecule has 0 aliphatic heterocycles. The van der Waals surface area contributed by atoms with Gasteiger partial charge in [0.05, 0.1) is 6.04 Å². The van der Waals surface area contributed by atoms with Crippen molar-refractivity contribution in [2.24, 2.45) is 5.84 Å². The van der Waals surface area contributed by atoms with Crippen LogP contribution in [0.2, 0.25) is 0 Å². The molecule has 0 spiro atoms. The number of hydrogen-bond acceptors (Lipinski definition) is 2. The van der Waals surface area contributed by atoms with Gasteiger partial charge in [-0.3, -0.25) is 5.84 Å². The number of rotatable bonds is 3. The quantitative estimate of drug-likeness (QED) is 0.667. The first-order valence-corrected chi connectivity index (χ1v) is 6.81. The fraction of sp³-hybridized carbons (Fsp3) is 0.200. The molecule has 2 aromatic carbocycles. The summed E-state index contributed by atoms with van der Waals surface area (Å²) in [6.45, 7) is 3.93. The van der Waals surface area contributed by atoms with Crippen LogP contribution in [-0.2, 0) is 0 Å². The molecule has 0 saturated carbocycles. The fourth-order valence-electron chi connectivity index (χ4n) is 2.12. The van der Waals surface area contributed by atoms with E-state index in [0.717, 1.165) is 21.2 Å². The zero-order valence-electron chi connectivity index (χ0n) is 10.9. The summed E-state index contributed by atoms with van der Waals surface area (Å²) in [5.74, 6) is 5.38. The van der Waals surface area contributed by atoms with Crippen LogP contribution in [0.15, 0.2) is 40.9 Å². The highest BCUT2D eigenvalue weighted by atomic mass is 79.9. The van der Waals surface area contributed by atoms with Crippen LogP contribution in [0.5, 0.6) is 0 Å². The number of nitrogens with two attached hydrogens (primary N) is 1. The molecule has 0 aliphatic rings. The van der Waals surface area contributed by atoms with Crippen LogP contribution in [0.3, 0.4) is 0 Å². The highest BCUT2D eigenvalue weighted by molar-refractivity contribution is 9.10. The summed E-state index contributed by atoms with van der Waals surface area (Å²) in [6.07, 6.45) is 0. The van der Waals surface area contributed by atoms with Gasteiger partial charge in [0.2, 0.25) is 0 Å². The average Bonchev–Trinajstić information content (AvgIpc) is 2.39. The summed E-state index contributed by atoms with van der Waals surface area (Å²) in [5.41, 5.74) is 6.26. The van der Waals surface area contributed by atoms with E-state index < -0.39 is 0 Å². The number of benzene rings is 2. The molecule has 19 heavy (non-hydrogen) atoms. The molecule has 1 atom stereocenters. The van der Waals surface area contributed by atoms with E-state index in [0.29, 0.717) is 5.56 Å². The number of hydrazine groups is 1. The van der Waals surface area contributed by atoms with Gasteiger partial charge in [0.25, 0.3) is 0 Å². The smallest absolute Gasteiger partial charge is 0.128 e. The number of hydrogen-bond donors (Lipinski definition) is 2. The maximum absolute atomic E-state index is 14.0. The van der Waals surface area contributed by atoms with Crippen molar-refractivity contribution in [2.45, 2.75) is 19.9 Å². The van der Waals surface area contributed by atoms with Crippen LogP contribution >= 0.6 is 15.9 Å². The Labute approximate surface area is 120 Å². The third-order valence-electron chi connectivity index (χ3n) is 3.16. The molecule has 0 saturated heterocycles. The zero-order chi connectivity index (χ0) is 14.0. The molecule has 3 N–H and O–H groups in total. The Kier molecular flexibility index (Phi) is 4.34. The van der Waals surface area contributed by atoms with Crippen molar-refractivity contribution in [3.05, 3.63) is 68.9 Å². The molecule has 0 aliphatic carbocycles. The first-order chi connectivity index (χ1) is 9.04. The molecular formula is C15H16BrFN2. The van der Waals surface area contributed by atoms with E-state index in [-0.39, 0.29) is 11.9 Å². The van der Waals surface area contributed by atoms with Gasteiger partial charge in [-0.25, -0.2) is 9.82 Å². The number of halogens is 2. The third-order valence-corrected chi connectivity index (χ3v) is 4.25. The summed E-state index contributed by atoms with van der Waals surface area (Å²) in [7, 11) is 0. The van der Waals surface area contributed by atoms with Gasteiger partial charge in [0, 0.05) is 10.0 Å². The minimum atomic E-state index is -0.380. The van der Waals surface area contributed by atoms with E-state index in [1.165, 1.54) is 6.07 Å². The summed E-state index contributed by atoms with van der Waals surface area (Å²) < 4.78 is 15.0. The van der Waals surface area contributed by atoms with Crippen molar-refractivity contribution < 1.29 is 4.39 Å². The van der Waals surface area contributed by atoms with E-state index in [1.54, 1.807) is 6.07 Å². The Bertz CT molecular complexity index is 597. The fourth-order valence-corrected chi connectivity index (χ4v) is 2.62. The van der Waals surface area contributed by atoms with Crippen molar-refractivity contribution in [2.75, 3.05) is 0 Å². The Morgan fingerprint density at radius 2 is 1.89 bits per heavy atom. The average molecular weight is 323 g/mol. The SMILES string of the molecule is Cc1ccc(F)c(C(NN)c2cccc(C)c2Br)c1. The van der Waals surface area contributed by atoms with E-state index in [4.69, 9.17) is 5.84 Å². The molecule has 0 aromatic heterocycles. The van der Waals surface area contributed by atoms with Crippen LogP contribution in [0.1, 0.15) is 28.3 Å². The molecule has 0 amide bonds. The van der Waals surface area contributed by atoms with Crippen molar-refractivity contribution in [3.63, 3.8) is 0 Å². The second-order valence-electron chi connectivity index (χ2n) is 4.60. The second kappa shape index (κ2) is 5.82. The largest absolute Gasteiger partial charge is 0.271 e. The lowest BCUT2D eigenvalue weighted by atomic mass is 9.96. The molecule has 0 radical (unpaired) electrons. The van der Waals surface area contributed by atoms with Gasteiger partial charge in [0.1, 0.15) is 5.82 Å². The molecule has 0 fully saturated rings. The highest BCUT2D eigenvalue weighted by Crippen LogP contribution is 2.31. The van der Waals surface area contributed by atoms with Crippen LogP contribution in [0.4, 0.5) is 4.39 Å². The third kappa shape index (κ3) is 2.86. The number of nitrogens with one attached hydrogen (secondary N) is 1. The molecule has 2 nitrogen and oxygen atoms in total. The Morgan fingerprint density at radius 3 is 2.58 bits per heavy atom. The summed E-state index contributed by atoms with van der Waals surface area (Å²) in [4.78, 5) is 0. The van der Waals surface area contributed by atoms with Gasteiger partial charge in [-0.1, -0.05) is 51.8 Å². The molecule has 0 heterocycles. The lowest BCUT2D eigenvalue weighted by molar-refractivity contribution is 0.558. The van der Waals surface area contributed by atoms with Crippen LogP contribution in [0, 0.1) is 19.7 Å². The summed E-state index contributed by atoms with van der Waals surface area (Å²) in [5, 5.41) is 0. The minimum Gasteiger partial charge on any atom is -0.271 e. The highest BCUT2D eigenvalue weighted by Gasteiger charge is 2.19. The molecule has 0 bridgehead atoms. The first kappa shape index (κ1) is 14.2. The number of aryl methyl sites for hydroxylation is 2. The predicted octanol–water partition coefficient (Wildman–Crippen LogP) is 3.76. The monoisotopic (exact) mass is 322 g/mol. The van der Waals surface area contributed by atoms with Crippen LogP contribution in [0.25, 0.3) is 0 Å². The van der Waals surface area contributed by atoms with E-state index >= 15 is 0 Å². The molecular weight excluding hydrogens is 307 g/mol. The molecule has 2 aromatic rings. The maximum atomic E-state index is 14.0. The van der Waals surface area contributed by atoms with Crippen LogP contribution in [-0.4, -0.2) is 0 Å². The second-order valence-corrected chi connectivity index (χ2v) is 5.40. The van der Waals surface area contributed by atoms with Crippen molar-refractivity contribution in [1.82, 2.24) is 5.43 Å². The summed E-state index contributed by atoms with van der Waals surface area (Å²) >= 11 is 3.54. The van der Waals surface area contributed by atoms with Crippen molar-refractivity contribution >= 4 is 15.9 Å². The van der Waals surface area contributed by atoms with Gasteiger partial charge in [-0.2, -0.15) is 0 Å². The van der Waals surface area contributed by atoms with E-state index in [2.05, 4.69) is 21.4 Å². The van der Waals surface area contributed by atoms with Crippen LogP contribution < -0.4 is 11.3 Å². The minimum absolute atomic E-state index is 0.262. The zero-order valence-corrected chi connectivity index (χ0v) is 12.5. The van der Waals surface area contributed by atoms with Gasteiger partial charge in [0.15, 0.2) is 0 Å². The first-order valence-electron chi connectivity index (χ1n) is 6.01. The predicted molar refractivity (Wildman–Crippen MR) is 79.2 cm³/mol. The Hall–Kier alpha value is -1.23. The van der Waals surface area contributed by atoms with E-state index in [9.17, 15) is 4.39 Å². The Balaban J connectivity index is 2.56. The molecule has 2 rings (SSSR count). The lowest BCUT2D eigenvalue weighted by Crippen LogP contribution is -2.30. The normalized spacial score (nSPS) is 12.5. The van der Waals surface area contributed by atoms with Gasteiger partial charge in [-0.05, 0) is 31.0 Å².